The molecule has 47 heavy (non-hydrogen) atoms. The van der Waals surface area contributed by atoms with E-state index in [1.807, 2.05) is 0 Å². The first-order valence-electron chi connectivity index (χ1n) is 15.0. The molecule has 0 bridgehead atoms. The van der Waals surface area contributed by atoms with E-state index in [1.165, 1.54) is 6.92 Å². The predicted molar refractivity (Wildman–Crippen MR) is 144 cm³/mol. The lowest BCUT2D eigenvalue weighted by Crippen LogP contribution is -2.69. The summed E-state index contributed by atoms with van der Waals surface area (Å²) in [4.78, 5) is 12.1. The highest BCUT2D eigenvalue weighted by molar-refractivity contribution is 5.73. The number of rotatable bonds is 10. The van der Waals surface area contributed by atoms with Crippen molar-refractivity contribution in [1.82, 2.24) is 5.32 Å². The molecule has 0 aromatic carbocycles. The molecule has 4 heterocycles. The number of nitrogens with one attached hydrogen (secondary N) is 1. The van der Waals surface area contributed by atoms with Gasteiger partial charge in [-0.2, -0.15) is 0 Å². The van der Waals surface area contributed by atoms with Gasteiger partial charge in [-0.3, -0.25) is 4.79 Å². The topological polar surface area (TPSA) is 336 Å². The minimum absolute atomic E-state index is 0.724. The second-order valence-corrected chi connectivity index (χ2v) is 11.9. The lowest BCUT2D eigenvalue weighted by Gasteiger charge is -2.49. The van der Waals surface area contributed by atoms with Gasteiger partial charge in [-0.25, -0.2) is 0 Å². The van der Waals surface area contributed by atoms with E-state index in [0.717, 1.165) is 6.92 Å². The first-order valence-corrected chi connectivity index (χ1v) is 15.0. The van der Waals surface area contributed by atoms with E-state index in [4.69, 9.17) is 33.2 Å². The summed E-state index contributed by atoms with van der Waals surface area (Å²) in [7, 11) is 0. The van der Waals surface area contributed by atoms with Gasteiger partial charge >= 0.3 is 0 Å². The number of aliphatic hydroxyl groups excluding tert-OH is 12. The van der Waals surface area contributed by atoms with Gasteiger partial charge in [-0.15, -0.1) is 0 Å². The van der Waals surface area contributed by atoms with Gasteiger partial charge in [0.25, 0.3) is 0 Å². The molecule has 274 valence electrons. The van der Waals surface area contributed by atoms with Crippen molar-refractivity contribution in [3.8, 4) is 0 Å². The Labute approximate surface area is 267 Å². The Morgan fingerprint density at radius 1 is 0.553 bits per heavy atom. The number of carbonyl (C=O) groups excluding carboxylic acids is 1. The molecule has 0 saturated carbocycles. The smallest absolute Gasteiger partial charge is 0.217 e. The summed E-state index contributed by atoms with van der Waals surface area (Å²) in [5, 5.41) is 126. The third kappa shape index (κ3) is 8.04. The highest BCUT2D eigenvalue weighted by atomic mass is 16.8. The van der Waals surface area contributed by atoms with Gasteiger partial charge in [-0.1, -0.05) is 0 Å². The van der Waals surface area contributed by atoms with Gasteiger partial charge < -0.3 is 99.8 Å². The van der Waals surface area contributed by atoms with E-state index in [9.17, 15) is 66.1 Å². The third-order valence-electron chi connectivity index (χ3n) is 8.57. The summed E-state index contributed by atoms with van der Waals surface area (Å²) in [5.41, 5.74) is 0. The minimum atomic E-state index is -2.00. The minimum Gasteiger partial charge on any atom is -0.394 e. The molecule has 4 saturated heterocycles. The molecule has 0 radical (unpaired) electrons. The van der Waals surface area contributed by atoms with Crippen LogP contribution < -0.4 is 5.32 Å². The van der Waals surface area contributed by atoms with Crippen molar-refractivity contribution >= 4 is 5.91 Å². The number of amides is 1. The van der Waals surface area contributed by atoms with Crippen molar-refractivity contribution in [1.29, 1.82) is 0 Å². The van der Waals surface area contributed by atoms with E-state index in [1.54, 1.807) is 0 Å². The molecule has 13 N–H and O–H groups in total. The van der Waals surface area contributed by atoms with Crippen LogP contribution in [-0.2, 0) is 38.0 Å². The zero-order valence-electron chi connectivity index (χ0n) is 25.3. The Bertz CT molecular complexity index is 1010. The number of aliphatic hydroxyl groups is 12. The molecule has 4 aliphatic rings. The summed E-state index contributed by atoms with van der Waals surface area (Å²) >= 11 is 0. The maximum atomic E-state index is 12.1. The number of hydrogen-bond donors (Lipinski definition) is 13. The maximum Gasteiger partial charge on any atom is 0.217 e. The van der Waals surface area contributed by atoms with Crippen LogP contribution in [0.3, 0.4) is 0 Å². The van der Waals surface area contributed by atoms with Crippen molar-refractivity contribution < 1.29 is 99.2 Å². The van der Waals surface area contributed by atoms with Crippen molar-refractivity contribution in [2.45, 2.75) is 137 Å². The normalized spacial score (nSPS) is 51.0. The van der Waals surface area contributed by atoms with Crippen molar-refractivity contribution in [3.05, 3.63) is 0 Å². The molecule has 20 atom stereocenters. The number of hydrogen-bond acceptors (Lipinski definition) is 20. The quantitative estimate of drug-likeness (QED) is 0.101. The third-order valence-corrected chi connectivity index (χ3v) is 8.57. The molecule has 4 aliphatic heterocycles. The SMILES string of the molecule is CC(=O)N[C@H]1[C@H](O[C@H]2[C@@H](O)[C@@H](CO)O[C@@H](O[C@H]3[C@H](O)[C@@H](O)[C@H](O)O[C@@H]3CO)[C@@H]2O)O[C@H](CO)[C@@H](O[C@@H]2O[C@@H](C)[C@@H](O)[C@@H](O)[C@@H]2O)[C@@H]1O. The molecule has 0 aromatic heterocycles. The van der Waals surface area contributed by atoms with Gasteiger partial charge in [0, 0.05) is 6.92 Å². The molecule has 0 unspecified atom stereocenters. The Morgan fingerprint density at radius 2 is 1.06 bits per heavy atom. The average Bonchev–Trinajstić information content (AvgIpc) is 3.04. The first-order chi connectivity index (χ1) is 22.1. The highest BCUT2D eigenvalue weighted by Crippen LogP contribution is 2.34. The fourth-order valence-electron chi connectivity index (χ4n) is 5.89. The van der Waals surface area contributed by atoms with Gasteiger partial charge in [0.1, 0.15) is 91.5 Å². The monoisotopic (exact) mass is 691 g/mol. The van der Waals surface area contributed by atoms with E-state index in [2.05, 4.69) is 5.32 Å². The van der Waals surface area contributed by atoms with Gasteiger partial charge in [0.15, 0.2) is 25.2 Å². The van der Waals surface area contributed by atoms with Crippen LogP contribution >= 0.6 is 0 Å². The van der Waals surface area contributed by atoms with Crippen LogP contribution in [0.5, 0.6) is 0 Å². The molecule has 0 aliphatic carbocycles. The molecule has 0 spiro atoms. The van der Waals surface area contributed by atoms with E-state index in [0.29, 0.717) is 0 Å². The van der Waals surface area contributed by atoms with Crippen molar-refractivity contribution in [2.24, 2.45) is 0 Å². The second kappa shape index (κ2) is 16.2. The van der Waals surface area contributed by atoms with Crippen LogP contribution in [0.25, 0.3) is 0 Å². The van der Waals surface area contributed by atoms with Crippen LogP contribution in [0.15, 0.2) is 0 Å². The van der Waals surface area contributed by atoms with Gasteiger partial charge in [0.2, 0.25) is 5.91 Å². The first kappa shape index (κ1) is 38.5. The molecule has 4 rings (SSSR count). The van der Waals surface area contributed by atoms with Crippen LogP contribution in [0.4, 0.5) is 0 Å². The van der Waals surface area contributed by atoms with Crippen molar-refractivity contribution in [2.75, 3.05) is 19.8 Å². The van der Waals surface area contributed by atoms with Crippen LogP contribution in [0, 0.1) is 0 Å². The summed E-state index contributed by atoms with van der Waals surface area (Å²) in [5.74, 6) is -0.724. The molecule has 21 nitrogen and oxygen atoms in total. The van der Waals surface area contributed by atoms with Gasteiger partial charge in [0.05, 0.1) is 25.9 Å². The maximum absolute atomic E-state index is 12.1. The van der Waals surface area contributed by atoms with E-state index < -0.39 is 148 Å². The van der Waals surface area contributed by atoms with Crippen LogP contribution in [-0.4, -0.2) is 210 Å². The molecule has 1 amide bonds. The Hall–Kier alpha value is -1.29. The summed E-state index contributed by atoms with van der Waals surface area (Å²) < 4.78 is 38.8. The van der Waals surface area contributed by atoms with Crippen molar-refractivity contribution in [3.63, 3.8) is 0 Å². The number of carbonyl (C=O) groups is 1. The summed E-state index contributed by atoms with van der Waals surface area (Å²) in [6.45, 7) is -0.0908. The predicted octanol–water partition coefficient (Wildman–Crippen LogP) is -8.58. The summed E-state index contributed by atoms with van der Waals surface area (Å²) in [6.07, 6.45) is -32.0. The van der Waals surface area contributed by atoms with Gasteiger partial charge in [-0.05, 0) is 6.92 Å². The zero-order valence-corrected chi connectivity index (χ0v) is 25.3. The Kier molecular flexibility index (Phi) is 13.2. The molecular formula is C26H45NO20. The lowest BCUT2D eigenvalue weighted by molar-refractivity contribution is -0.379. The molecule has 0 aromatic rings. The molecule has 21 heteroatoms. The van der Waals surface area contributed by atoms with E-state index in [-0.39, 0.29) is 0 Å². The molecule has 4 fully saturated rings. The molecular weight excluding hydrogens is 646 g/mol. The van der Waals surface area contributed by atoms with Crippen LogP contribution in [0.2, 0.25) is 0 Å². The fourth-order valence-corrected chi connectivity index (χ4v) is 5.89. The highest BCUT2D eigenvalue weighted by Gasteiger charge is 2.55. The van der Waals surface area contributed by atoms with E-state index >= 15 is 0 Å². The Balaban J connectivity index is 1.56. The zero-order chi connectivity index (χ0) is 34.9. The largest absolute Gasteiger partial charge is 0.394 e. The summed E-state index contributed by atoms with van der Waals surface area (Å²) in [6, 6.07) is -1.56. The standard InChI is InChI=1S/C26H45NO20/c1-6-12(32)15(35)18(38)25(41-6)45-20-10(5-30)44-24(11(14(20)34)27-7(2)31)47-22-13(33)8(3-28)43-26(19(22)39)46-21-9(4-29)42-23(40)17(37)16(21)36/h6,8-26,28-30,32-40H,3-5H2,1-2H3,(H,27,31)/t6-,8+,9+,10+,11+,12+,13-,14+,15+,16+,17+,18-,19+,20+,21+,22-,23+,24-,25-,26-/m0/s1. The number of ether oxygens (including phenoxy) is 7. The Morgan fingerprint density at radius 3 is 1.64 bits per heavy atom. The lowest BCUT2D eigenvalue weighted by atomic mass is 9.94. The average molecular weight is 692 g/mol. The fraction of sp³-hybridized carbons (Fsp3) is 0.962. The second-order valence-electron chi connectivity index (χ2n) is 11.9. The van der Waals surface area contributed by atoms with Crippen LogP contribution in [0.1, 0.15) is 13.8 Å².